The summed E-state index contributed by atoms with van der Waals surface area (Å²) in [6.07, 6.45) is 1.25. The Bertz CT molecular complexity index is 374. The molecule has 0 spiro atoms. The SMILES string of the molecule is CNCc1c(Cl)cccc1OCCCC#N. The fourth-order valence-electron chi connectivity index (χ4n) is 1.36. The molecule has 4 heteroatoms. The highest BCUT2D eigenvalue weighted by Crippen LogP contribution is 2.26. The smallest absolute Gasteiger partial charge is 0.125 e. The summed E-state index contributed by atoms with van der Waals surface area (Å²) in [6.45, 7) is 1.22. The number of nitrogens with one attached hydrogen (secondary N) is 1. The second-order valence-electron chi connectivity index (χ2n) is 3.36. The summed E-state index contributed by atoms with van der Waals surface area (Å²) >= 11 is 6.08. The van der Waals surface area contributed by atoms with E-state index in [0.29, 0.717) is 24.6 Å². The molecule has 0 amide bonds. The average Bonchev–Trinajstić information content (AvgIpc) is 2.29. The predicted octanol–water partition coefficient (Wildman–Crippen LogP) is 2.74. The maximum atomic E-state index is 8.41. The molecule has 1 aromatic rings. The molecule has 0 fully saturated rings. The third-order valence-electron chi connectivity index (χ3n) is 2.12. The molecular formula is C12H15ClN2O. The van der Waals surface area contributed by atoms with E-state index in [4.69, 9.17) is 21.6 Å². The summed E-state index contributed by atoms with van der Waals surface area (Å²) in [7, 11) is 1.86. The summed E-state index contributed by atoms with van der Waals surface area (Å²) in [5, 5.41) is 12.2. The van der Waals surface area contributed by atoms with Gasteiger partial charge in [-0.25, -0.2) is 0 Å². The van der Waals surface area contributed by atoms with Crippen LogP contribution in [0.4, 0.5) is 0 Å². The third-order valence-corrected chi connectivity index (χ3v) is 2.47. The van der Waals surface area contributed by atoms with Gasteiger partial charge in [0.2, 0.25) is 0 Å². The Morgan fingerprint density at radius 1 is 1.50 bits per heavy atom. The van der Waals surface area contributed by atoms with Crippen LogP contribution in [0.2, 0.25) is 5.02 Å². The molecule has 0 aliphatic heterocycles. The largest absolute Gasteiger partial charge is 0.493 e. The number of ether oxygens (including phenoxy) is 1. The van der Waals surface area contributed by atoms with Crippen LogP contribution in [0.25, 0.3) is 0 Å². The Kier molecular flexibility index (Phi) is 5.69. The molecule has 1 N–H and O–H groups in total. The zero-order valence-electron chi connectivity index (χ0n) is 9.29. The van der Waals surface area contributed by atoms with Crippen molar-refractivity contribution in [2.75, 3.05) is 13.7 Å². The Morgan fingerprint density at radius 3 is 3.00 bits per heavy atom. The third kappa shape index (κ3) is 3.73. The van der Waals surface area contributed by atoms with Crippen LogP contribution in [0.1, 0.15) is 18.4 Å². The number of nitriles is 1. The first-order valence-electron chi connectivity index (χ1n) is 5.21. The van der Waals surface area contributed by atoms with Gasteiger partial charge in [-0.05, 0) is 25.6 Å². The first kappa shape index (κ1) is 12.8. The van der Waals surface area contributed by atoms with Crippen LogP contribution < -0.4 is 10.1 Å². The second kappa shape index (κ2) is 7.10. The van der Waals surface area contributed by atoms with Gasteiger partial charge in [-0.3, -0.25) is 0 Å². The highest BCUT2D eigenvalue weighted by atomic mass is 35.5. The predicted molar refractivity (Wildman–Crippen MR) is 64.6 cm³/mol. The van der Waals surface area contributed by atoms with Gasteiger partial charge in [-0.15, -0.1) is 0 Å². The van der Waals surface area contributed by atoms with E-state index in [2.05, 4.69) is 11.4 Å². The van der Waals surface area contributed by atoms with Gasteiger partial charge in [-0.2, -0.15) is 5.26 Å². The van der Waals surface area contributed by atoms with E-state index in [1.54, 1.807) is 0 Å². The summed E-state index contributed by atoms with van der Waals surface area (Å²) in [5.41, 5.74) is 0.962. The highest BCUT2D eigenvalue weighted by molar-refractivity contribution is 6.31. The normalized spacial score (nSPS) is 9.81. The number of hydrogen-bond donors (Lipinski definition) is 1. The van der Waals surface area contributed by atoms with E-state index < -0.39 is 0 Å². The summed E-state index contributed by atoms with van der Waals surface area (Å²) < 4.78 is 5.60. The van der Waals surface area contributed by atoms with E-state index >= 15 is 0 Å². The van der Waals surface area contributed by atoms with E-state index in [1.807, 2.05) is 25.2 Å². The molecule has 1 aromatic carbocycles. The van der Waals surface area contributed by atoms with Crippen molar-refractivity contribution >= 4 is 11.6 Å². The molecule has 0 aliphatic rings. The van der Waals surface area contributed by atoms with Crippen molar-refractivity contribution in [3.63, 3.8) is 0 Å². The fourth-order valence-corrected chi connectivity index (χ4v) is 1.59. The van der Waals surface area contributed by atoms with Gasteiger partial charge in [0, 0.05) is 23.6 Å². The van der Waals surface area contributed by atoms with Crippen molar-refractivity contribution in [3.05, 3.63) is 28.8 Å². The van der Waals surface area contributed by atoms with Crippen LogP contribution in [0, 0.1) is 11.3 Å². The van der Waals surface area contributed by atoms with Crippen LogP contribution in [0.3, 0.4) is 0 Å². The molecule has 16 heavy (non-hydrogen) atoms. The minimum absolute atomic E-state index is 0.516. The molecule has 0 saturated heterocycles. The maximum Gasteiger partial charge on any atom is 0.125 e. The number of hydrogen-bond acceptors (Lipinski definition) is 3. The van der Waals surface area contributed by atoms with Gasteiger partial charge in [0.15, 0.2) is 0 Å². The minimum atomic E-state index is 0.516. The average molecular weight is 239 g/mol. The van der Waals surface area contributed by atoms with Gasteiger partial charge in [0.05, 0.1) is 12.7 Å². The van der Waals surface area contributed by atoms with Crippen LogP contribution >= 0.6 is 11.6 Å². The van der Waals surface area contributed by atoms with Crippen molar-refractivity contribution in [3.8, 4) is 11.8 Å². The Balaban J connectivity index is 2.64. The molecule has 0 radical (unpaired) electrons. The monoisotopic (exact) mass is 238 g/mol. The van der Waals surface area contributed by atoms with E-state index in [9.17, 15) is 0 Å². The van der Waals surface area contributed by atoms with Crippen molar-refractivity contribution in [2.45, 2.75) is 19.4 Å². The fraction of sp³-hybridized carbons (Fsp3) is 0.417. The second-order valence-corrected chi connectivity index (χ2v) is 3.76. The molecule has 0 unspecified atom stereocenters. The molecule has 86 valence electrons. The van der Waals surface area contributed by atoms with Crippen LogP contribution in [0.15, 0.2) is 18.2 Å². The number of rotatable bonds is 6. The topological polar surface area (TPSA) is 45.0 Å². The summed E-state index contributed by atoms with van der Waals surface area (Å²) in [4.78, 5) is 0. The lowest BCUT2D eigenvalue weighted by molar-refractivity contribution is 0.309. The van der Waals surface area contributed by atoms with Crippen LogP contribution in [-0.2, 0) is 6.54 Å². The van der Waals surface area contributed by atoms with Crippen molar-refractivity contribution in [1.29, 1.82) is 5.26 Å². The summed E-state index contributed by atoms with van der Waals surface area (Å²) in [6, 6.07) is 7.69. The maximum absolute atomic E-state index is 8.41. The first-order chi connectivity index (χ1) is 7.79. The lowest BCUT2D eigenvalue weighted by Crippen LogP contribution is -2.08. The van der Waals surface area contributed by atoms with Crippen molar-refractivity contribution in [2.24, 2.45) is 0 Å². The zero-order chi connectivity index (χ0) is 11.8. The number of benzene rings is 1. The molecule has 0 bridgehead atoms. The number of unbranched alkanes of at least 4 members (excludes halogenated alkanes) is 1. The molecule has 3 nitrogen and oxygen atoms in total. The van der Waals surface area contributed by atoms with Crippen molar-refractivity contribution in [1.82, 2.24) is 5.32 Å². The molecule has 0 atom stereocenters. The first-order valence-corrected chi connectivity index (χ1v) is 5.59. The van der Waals surface area contributed by atoms with Crippen molar-refractivity contribution < 1.29 is 4.74 Å². The Morgan fingerprint density at radius 2 is 2.31 bits per heavy atom. The molecular weight excluding hydrogens is 224 g/mol. The molecule has 0 aromatic heterocycles. The molecule has 0 aliphatic carbocycles. The van der Waals surface area contributed by atoms with Gasteiger partial charge in [0.25, 0.3) is 0 Å². The van der Waals surface area contributed by atoms with Crippen LogP contribution in [-0.4, -0.2) is 13.7 Å². The van der Waals surface area contributed by atoms with Gasteiger partial charge in [-0.1, -0.05) is 17.7 Å². The number of nitrogens with zero attached hydrogens (tertiary/aromatic N) is 1. The highest BCUT2D eigenvalue weighted by Gasteiger charge is 2.06. The van der Waals surface area contributed by atoms with Gasteiger partial charge in [0.1, 0.15) is 5.75 Å². The lowest BCUT2D eigenvalue weighted by Gasteiger charge is -2.12. The van der Waals surface area contributed by atoms with E-state index in [-0.39, 0.29) is 0 Å². The summed E-state index contributed by atoms with van der Waals surface area (Å²) in [5.74, 6) is 0.791. The molecule has 0 heterocycles. The minimum Gasteiger partial charge on any atom is -0.493 e. The van der Waals surface area contributed by atoms with E-state index in [0.717, 1.165) is 17.7 Å². The standard InChI is InChI=1S/C12H15ClN2O/c1-15-9-10-11(13)5-4-6-12(10)16-8-3-2-7-14/h4-6,15H,2-3,8-9H2,1H3. The van der Waals surface area contributed by atoms with E-state index in [1.165, 1.54) is 0 Å². The van der Waals surface area contributed by atoms with Crippen LogP contribution in [0.5, 0.6) is 5.75 Å². The zero-order valence-corrected chi connectivity index (χ0v) is 10.0. The van der Waals surface area contributed by atoms with Gasteiger partial charge < -0.3 is 10.1 Å². The quantitative estimate of drug-likeness (QED) is 0.776. The lowest BCUT2D eigenvalue weighted by atomic mass is 10.2. The Labute approximate surface area is 101 Å². The molecule has 1 rings (SSSR count). The van der Waals surface area contributed by atoms with Gasteiger partial charge >= 0.3 is 0 Å². The molecule has 0 saturated carbocycles. The number of halogens is 1. The Hall–Kier alpha value is -1.24.